The number of aromatic hydroxyl groups is 1. The molecule has 0 aliphatic carbocycles. The minimum absolute atomic E-state index is 0.0529. The molecule has 0 saturated carbocycles. The molecular weight excluding hydrogens is 270 g/mol. The fraction of sp³-hybridized carbons (Fsp3) is 0.125. The van der Waals surface area contributed by atoms with Crippen LogP contribution in [-0.2, 0) is 4.79 Å². The molecule has 0 saturated heterocycles. The Balaban J connectivity index is 2.27. The molecule has 1 amide bonds. The third kappa shape index (κ3) is 3.39. The number of hydrogen-bond donors (Lipinski definition) is 3. The van der Waals surface area contributed by atoms with Crippen LogP contribution in [0.3, 0.4) is 0 Å². The first kappa shape index (κ1) is 14.6. The lowest BCUT2D eigenvalue weighted by Gasteiger charge is -2.15. The van der Waals surface area contributed by atoms with Crippen molar-refractivity contribution in [1.82, 2.24) is 5.32 Å². The summed E-state index contributed by atoms with van der Waals surface area (Å²) in [5.74, 6) is -1.98. The molecule has 108 valence electrons. The van der Waals surface area contributed by atoms with Crippen LogP contribution in [0.1, 0.15) is 27.5 Å². The van der Waals surface area contributed by atoms with E-state index in [0.717, 1.165) is 5.56 Å². The summed E-state index contributed by atoms with van der Waals surface area (Å²) < 4.78 is 0. The van der Waals surface area contributed by atoms with Crippen molar-refractivity contribution in [2.45, 2.75) is 13.0 Å². The van der Waals surface area contributed by atoms with Crippen LogP contribution in [0.25, 0.3) is 0 Å². The summed E-state index contributed by atoms with van der Waals surface area (Å²) in [7, 11) is 0. The molecule has 0 aliphatic heterocycles. The first-order valence-electron chi connectivity index (χ1n) is 6.37. The van der Waals surface area contributed by atoms with E-state index in [0.29, 0.717) is 5.56 Å². The Labute approximate surface area is 121 Å². The van der Waals surface area contributed by atoms with E-state index in [2.05, 4.69) is 5.32 Å². The molecule has 0 bridgehead atoms. The van der Waals surface area contributed by atoms with Gasteiger partial charge in [0, 0.05) is 0 Å². The number of amides is 1. The monoisotopic (exact) mass is 285 g/mol. The molecule has 0 fully saturated rings. The number of phenolic OH excluding ortho intramolecular Hbond substituents is 1. The SMILES string of the molecule is Cc1ccc(O)c(C(=O)N[C@H](C(=O)O)c2ccccc2)c1. The van der Waals surface area contributed by atoms with Gasteiger partial charge in [0.2, 0.25) is 0 Å². The maximum absolute atomic E-state index is 12.2. The Kier molecular flexibility index (Phi) is 4.23. The molecule has 0 spiro atoms. The number of rotatable bonds is 4. The molecule has 21 heavy (non-hydrogen) atoms. The maximum atomic E-state index is 12.2. The van der Waals surface area contributed by atoms with Gasteiger partial charge in [-0.05, 0) is 24.6 Å². The lowest BCUT2D eigenvalue weighted by molar-refractivity contribution is -0.139. The van der Waals surface area contributed by atoms with Crippen LogP contribution in [0.15, 0.2) is 48.5 Å². The molecular formula is C16H15NO4. The van der Waals surface area contributed by atoms with E-state index in [4.69, 9.17) is 0 Å². The van der Waals surface area contributed by atoms with Crippen LogP contribution in [0, 0.1) is 6.92 Å². The quantitative estimate of drug-likeness (QED) is 0.804. The lowest BCUT2D eigenvalue weighted by Crippen LogP contribution is -2.33. The Morgan fingerprint density at radius 2 is 1.76 bits per heavy atom. The molecule has 1 atom stereocenters. The summed E-state index contributed by atoms with van der Waals surface area (Å²) in [5, 5.41) is 21.4. The van der Waals surface area contributed by atoms with E-state index in [1.807, 2.05) is 0 Å². The van der Waals surface area contributed by atoms with Gasteiger partial charge in [-0.1, -0.05) is 42.0 Å². The third-order valence-corrected chi connectivity index (χ3v) is 3.05. The topological polar surface area (TPSA) is 86.6 Å². The van der Waals surface area contributed by atoms with Crippen LogP contribution in [0.2, 0.25) is 0 Å². The summed E-state index contributed by atoms with van der Waals surface area (Å²) in [6.45, 7) is 1.78. The van der Waals surface area contributed by atoms with Crippen molar-refractivity contribution in [3.8, 4) is 5.75 Å². The molecule has 0 aliphatic rings. The Morgan fingerprint density at radius 3 is 2.38 bits per heavy atom. The lowest BCUT2D eigenvalue weighted by atomic mass is 10.1. The number of phenols is 1. The molecule has 0 radical (unpaired) electrons. The summed E-state index contributed by atoms with van der Waals surface area (Å²) in [4.78, 5) is 23.5. The third-order valence-electron chi connectivity index (χ3n) is 3.05. The number of carboxylic acid groups (broad SMARTS) is 1. The van der Waals surface area contributed by atoms with Crippen LogP contribution >= 0.6 is 0 Å². The first-order chi connectivity index (χ1) is 9.99. The molecule has 3 N–H and O–H groups in total. The van der Waals surface area contributed by atoms with Crippen molar-refractivity contribution >= 4 is 11.9 Å². The normalized spacial score (nSPS) is 11.7. The van der Waals surface area contributed by atoms with E-state index in [1.54, 1.807) is 43.3 Å². The van der Waals surface area contributed by atoms with Crippen molar-refractivity contribution in [2.75, 3.05) is 0 Å². The van der Waals surface area contributed by atoms with Gasteiger partial charge in [-0.15, -0.1) is 0 Å². The van der Waals surface area contributed by atoms with Crippen molar-refractivity contribution in [2.24, 2.45) is 0 Å². The van der Waals surface area contributed by atoms with E-state index < -0.39 is 17.9 Å². The number of carbonyl (C=O) groups excluding carboxylic acids is 1. The van der Waals surface area contributed by atoms with E-state index in [-0.39, 0.29) is 11.3 Å². The van der Waals surface area contributed by atoms with E-state index in [1.165, 1.54) is 12.1 Å². The standard InChI is InChI=1S/C16H15NO4/c1-10-7-8-13(18)12(9-10)15(19)17-14(16(20)21)11-5-3-2-4-6-11/h2-9,14,18H,1H3,(H,17,19)(H,20,21)/t14-/m0/s1. The average molecular weight is 285 g/mol. The highest BCUT2D eigenvalue weighted by Crippen LogP contribution is 2.20. The van der Waals surface area contributed by atoms with Gasteiger partial charge < -0.3 is 15.5 Å². The highest BCUT2D eigenvalue weighted by molar-refractivity contribution is 5.99. The van der Waals surface area contributed by atoms with Crippen LogP contribution in [0.4, 0.5) is 0 Å². The highest BCUT2D eigenvalue weighted by Gasteiger charge is 2.23. The van der Waals surface area contributed by atoms with Gasteiger partial charge in [0.15, 0.2) is 6.04 Å². The van der Waals surface area contributed by atoms with Gasteiger partial charge in [0.1, 0.15) is 5.75 Å². The second kappa shape index (κ2) is 6.09. The largest absolute Gasteiger partial charge is 0.507 e. The zero-order valence-corrected chi connectivity index (χ0v) is 11.4. The number of aryl methyl sites for hydroxylation is 1. The van der Waals surface area contributed by atoms with Crippen molar-refractivity contribution in [3.63, 3.8) is 0 Å². The number of aliphatic carboxylic acids is 1. The number of nitrogens with one attached hydrogen (secondary N) is 1. The Bertz CT molecular complexity index is 667. The summed E-state index contributed by atoms with van der Waals surface area (Å²) in [5.41, 5.74) is 1.31. The van der Waals surface area contributed by atoms with Gasteiger partial charge in [-0.2, -0.15) is 0 Å². The minimum atomic E-state index is -1.17. The number of benzene rings is 2. The Hall–Kier alpha value is -2.82. The van der Waals surface area contributed by atoms with Gasteiger partial charge in [-0.3, -0.25) is 4.79 Å². The zero-order valence-electron chi connectivity index (χ0n) is 11.4. The maximum Gasteiger partial charge on any atom is 0.330 e. The fourth-order valence-corrected chi connectivity index (χ4v) is 1.97. The summed E-state index contributed by atoms with van der Waals surface area (Å²) >= 11 is 0. The van der Waals surface area contributed by atoms with Gasteiger partial charge >= 0.3 is 5.97 Å². The van der Waals surface area contributed by atoms with Crippen molar-refractivity contribution < 1.29 is 19.8 Å². The van der Waals surface area contributed by atoms with Crippen molar-refractivity contribution in [1.29, 1.82) is 0 Å². The highest BCUT2D eigenvalue weighted by atomic mass is 16.4. The molecule has 0 unspecified atom stereocenters. The molecule has 5 nitrogen and oxygen atoms in total. The fourth-order valence-electron chi connectivity index (χ4n) is 1.97. The van der Waals surface area contributed by atoms with Crippen LogP contribution in [0.5, 0.6) is 5.75 Å². The molecule has 2 aromatic rings. The summed E-state index contributed by atoms with van der Waals surface area (Å²) in [6.07, 6.45) is 0. The second-order valence-corrected chi connectivity index (χ2v) is 4.68. The van der Waals surface area contributed by atoms with E-state index in [9.17, 15) is 19.8 Å². The second-order valence-electron chi connectivity index (χ2n) is 4.68. The minimum Gasteiger partial charge on any atom is -0.507 e. The van der Waals surface area contributed by atoms with Crippen LogP contribution < -0.4 is 5.32 Å². The molecule has 2 aromatic carbocycles. The Morgan fingerprint density at radius 1 is 1.10 bits per heavy atom. The predicted molar refractivity (Wildman–Crippen MR) is 77.1 cm³/mol. The van der Waals surface area contributed by atoms with Gasteiger partial charge in [0.05, 0.1) is 5.56 Å². The van der Waals surface area contributed by atoms with Gasteiger partial charge in [-0.25, -0.2) is 4.79 Å². The molecule has 5 heteroatoms. The molecule has 2 rings (SSSR count). The number of hydrogen-bond acceptors (Lipinski definition) is 3. The van der Waals surface area contributed by atoms with E-state index >= 15 is 0 Å². The van der Waals surface area contributed by atoms with Crippen LogP contribution in [-0.4, -0.2) is 22.1 Å². The number of carbonyl (C=O) groups is 2. The average Bonchev–Trinajstić information content (AvgIpc) is 2.47. The smallest absolute Gasteiger partial charge is 0.330 e. The first-order valence-corrected chi connectivity index (χ1v) is 6.37. The van der Waals surface area contributed by atoms with Gasteiger partial charge in [0.25, 0.3) is 5.91 Å². The van der Waals surface area contributed by atoms with Crippen molar-refractivity contribution in [3.05, 3.63) is 65.2 Å². The summed E-state index contributed by atoms with van der Waals surface area (Å²) in [6, 6.07) is 11.8. The number of carboxylic acids is 1. The predicted octanol–water partition coefficient (Wildman–Crippen LogP) is 2.26. The molecule has 0 heterocycles. The molecule has 0 aromatic heterocycles. The zero-order chi connectivity index (χ0) is 15.4.